The number of halogens is 1. The number of fused-ring (bicyclic) bond motifs is 1. The molecule has 1 aromatic heterocycles. The topological polar surface area (TPSA) is 36.3 Å². The van der Waals surface area contributed by atoms with Crippen LogP contribution in [0.15, 0.2) is 60.7 Å². The van der Waals surface area contributed by atoms with E-state index in [4.69, 9.17) is 26.1 Å². The number of unbranched alkanes of at least 4 members (excludes halogenated alkanes) is 1. The van der Waals surface area contributed by atoms with Gasteiger partial charge in [0.1, 0.15) is 23.9 Å². The predicted molar refractivity (Wildman–Crippen MR) is 140 cm³/mol. The average molecular weight is 477 g/mol. The van der Waals surface area contributed by atoms with Gasteiger partial charge in [0.05, 0.1) is 17.6 Å². The number of hydrogen-bond donors (Lipinski definition) is 0. The Morgan fingerprint density at radius 1 is 0.882 bits per heavy atom. The zero-order chi connectivity index (χ0) is 24.1. The predicted octanol–water partition coefficient (Wildman–Crippen LogP) is 7.87. The molecule has 3 aromatic carbocycles. The molecule has 0 saturated heterocycles. The van der Waals surface area contributed by atoms with Gasteiger partial charge in [0, 0.05) is 11.6 Å². The number of hydrogen-bond acceptors (Lipinski definition) is 3. The third-order valence-electron chi connectivity index (χ3n) is 6.10. The molecule has 34 heavy (non-hydrogen) atoms. The van der Waals surface area contributed by atoms with E-state index in [9.17, 15) is 0 Å². The molecule has 0 radical (unpaired) electrons. The van der Waals surface area contributed by atoms with Crippen LogP contribution in [0.2, 0.25) is 5.02 Å². The molecule has 0 saturated carbocycles. The monoisotopic (exact) mass is 476 g/mol. The molecule has 0 aliphatic rings. The van der Waals surface area contributed by atoms with E-state index in [2.05, 4.69) is 48.7 Å². The summed E-state index contributed by atoms with van der Waals surface area (Å²) in [5.41, 5.74) is 5.54. The summed E-state index contributed by atoms with van der Waals surface area (Å²) in [5, 5.41) is 0.810. The number of rotatable bonds is 10. The van der Waals surface area contributed by atoms with Gasteiger partial charge >= 0.3 is 0 Å². The van der Waals surface area contributed by atoms with Crippen molar-refractivity contribution in [1.29, 1.82) is 0 Å². The van der Waals surface area contributed by atoms with E-state index < -0.39 is 0 Å². The average Bonchev–Trinajstić information content (AvgIpc) is 3.18. The highest BCUT2D eigenvalue weighted by Gasteiger charge is 2.11. The number of aromatic nitrogens is 2. The van der Waals surface area contributed by atoms with Crippen LogP contribution in [0.25, 0.3) is 11.0 Å². The van der Waals surface area contributed by atoms with E-state index >= 15 is 0 Å². The molecule has 0 aliphatic carbocycles. The van der Waals surface area contributed by atoms with Crippen molar-refractivity contribution in [2.75, 3.05) is 6.61 Å². The third kappa shape index (κ3) is 5.74. The molecule has 0 N–H and O–H groups in total. The van der Waals surface area contributed by atoms with Crippen molar-refractivity contribution in [3.63, 3.8) is 0 Å². The van der Waals surface area contributed by atoms with Gasteiger partial charge in [-0.25, -0.2) is 4.98 Å². The molecule has 0 amide bonds. The summed E-state index contributed by atoms with van der Waals surface area (Å²) in [6.07, 6.45) is 1.94. The first-order valence-electron chi connectivity index (χ1n) is 12.0. The minimum Gasteiger partial charge on any atom is -0.494 e. The maximum atomic E-state index is 6.26. The highest BCUT2D eigenvalue weighted by molar-refractivity contribution is 6.32. The Bertz CT molecular complexity index is 1220. The Kier molecular flexibility index (Phi) is 7.79. The normalized spacial score (nSPS) is 11.4. The van der Waals surface area contributed by atoms with Crippen LogP contribution >= 0.6 is 11.6 Å². The lowest BCUT2D eigenvalue weighted by molar-refractivity contribution is 0.285. The lowest BCUT2D eigenvalue weighted by Gasteiger charge is -2.12. The first-order valence-corrected chi connectivity index (χ1v) is 12.4. The standard InChI is InChI=1S/C29H33ClN2O2/c1-20(2)23-11-13-24(14-12-23)34-19-28-31-26-9-5-6-10-27(26)32(28)15-7-8-16-33-25-17-21(3)29(30)22(4)18-25/h5-6,9-14,17-18,20H,7-8,15-16,19H2,1-4H3. The lowest BCUT2D eigenvalue weighted by atomic mass is 10.0. The molecule has 178 valence electrons. The van der Waals surface area contributed by atoms with Crippen molar-refractivity contribution >= 4 is 22.6 Å². The van der Waals surface area contributed by atoms with E-state index in [0.717, 1.165) is 63.9 Å². The summed E-state index contributed by atoms with van der Waals surface area (Å²) in [6, 6.07) is 20.6. The second-order valence-corrected chi connectivity index (χ2v) is 9.49. The summed E-state index contributed by atoms with van der Waals surface area (Å²) >= 11 is 6.26. The number of ether oxygens (including phenoxy) is 2. The van der Waals surface area contributed by atoms with Gasteiger partial charge in [-0.2, -0.15) is 0 Å². The summed E-state index contributed by atoms with van der Waals surface area (Å²) in [4.78, 5) is 4.84. The van der Waals surface area contributed by atoms with Gasteiger partial charge in [0.2, 0.25) is 0 Å². The van der Waals surface area contributed by atoms with E-state index in [1.165, 1.54) is 5.56 Å². The molecule has 5 heteroatoms. The highest BCUT2D eigenvalue weighted by atomic mass is 35.5. The molecular weight excluding hydrogens is 444 g/mol. The lowest BCUT2D eigenvalue weighted by Crippen LogP contribution is -2.09. The Hall–Kier alpha value is -2.98. The number of benzene rings is 3. The van der Waals surface area contributed by atoms with Crippen LogP contribution in [0.4, 0.5) is 0 Å². The minimum absolute atomic E-state index is 0.440. The number of nitrogens with zero attached hydrogens (tertiary/aromatic N) is 2. The van der Waals surface area contributed by atoms with Gasteiger partial charge < -0.3 is 14.0 Å². The van der Waals surface area contributed by atoms with E-state index in [1.807, 2.05) is 44.2 Å². The smallest absolute Gasteiger partial charge is 0.147 e. The third-order valence-corrected chi connectivity index (χ3v) is 6.70. The van der Waals surface area contributed by atoms with Crippen LogP contribution in [0, 0.1) is 13.8 Å². The molecule has 0 bridgehead atoms. The molecule has 0 fully saturated rings. The van der Waals surface area contributed by atoms with Crippen LogP contribution < -0.4 is 9.47 Å². The summed E-state index contributed by atoms with van der Waals surface area (Å²) in [6.45, 7) is 10.4. The fourth-order valence-corrected chi connectivity index (χ4v) is 4.24. The molecule has 0 atom stereocenters. The quantitative estimate of drug-likeness (QED) is 0.218. The van der Waals surface area contributed by atoms with Crippen molar-refractivity contribution < 1.29 is 9.47 Å². The van der Waals surface area contributed by atoms with Gasteiger partial charge in [-0.15, -0.1) is 0 Å². The number of aryl methyl sites for hydroxylation is 3. The first-order chi connectivity index (χ1) is 16.4. The zero-order valence-electron chi connectivity index (χ0n) is 20.5. The van der Waals surface area contributed by atoms with Crippen molar-refractivity contribution in [2.24, 2.45) is 0 Å². The second kappa shape index (κ2) is 11.0. The Balaban J connectivity index is 1.37. The summed E-state index contributed by atoms with van der Waals surface area (Å²) in [7, 11) is 0. The number of para-hydroxylation sites is 2. The molecule has 4 nitrogen and oxygen atoms in total. The summed E-state index contributed by atoms with van der Waals surface area (Å²) in [5.74, 6) is 3.20. The van der Waals surface area contributed by atoms with E-state index in [0.29, 0.717) is 19.1 Å². The van der Waals surface area contributed by atoms with Crippen LogP contribution in [0.3, 0.4) is 0 Å². The van der Waals surface area contributed by atoms with Gasteiger partial charge in [-0.05, 0) is 85.7 Å². The molecule has 4 rings (SSSR count). The fraction of sp³-hybridized carbons (Fsp3) is 0.345. The Morgan fingerprint density at radius 2 is 1.59 bits per heavy atom. The molecular formula is C29H33ClN2O2. The largest absolute Gasteiger partial charge is 0.494 e. The maximum Gasteiger partial charge on any atom is 0.147 e. The molecule has 4 aromatic rings. The second-order valence-electron chi connectivity index (χ2n) is 9.11. The van der Waals surface area contributed by atoms with Gasteiger partial charge in [0.15, 0.2) is 0 Å². The van der Waals surface area contributed by atoms with E-state index in [1.54, 1.807) is 0 Å². The van der Waals surface area contributed by atoms with Crippen molar-refractivity contribution in [3.05, 3.63) is 88.2 Å². The maximum absolute atomic E-state index is 6.26. The SMILES string of the molecule is Cc1cc(OCCCCn2c(COc3ccc(C(C)C)cc3)nc3ccccc32)cc(C)c1Cl. The van der Waals surface area contributed by atoms with Crippen LogP contribution in [0.1, 0.15) is 55.1 Å². The van der Waals surface area contributed by atoms with Gasteiger partial charge in [-0.1, -0.05) is 49.7 Å². The van der Waals surface area contributed by atoms with Gasteiger partial charge in [0.25, 0.3) is 0 Å². The van der Waals surface area contributed by atoms with Crippen LogP contribution in [0.5, 0.6) is 11.5 Å². The zero-order valence-corrected chi connectivity index (χ0v) is 21.2. The first kappa shape index (κ1) is 24.2. The fourth-order valence-electron chi connectivity index (χ4n) is 4.13. The Labute approximate surface area is 207 Å². The van der Waals surface area contributed by atoms with Gasteiger partial charge in [-0.3, -0.25) is 0 Å². The molecule has 0 spiro atoms. The molecule has 0 aliphatic heterocycles. The number of imidazole rings is 1. The van der Waals surface area contributed by atoms with Crippen LogP contribution in [-0.2, 0) is 13.2 Å². The van der Waals surface area contributed by atoms with Crippen LogP contribution in [-0.4, -0.2) is 16.2 Å². The van der Waals surface area contributed by atoms with Crippen molar-refractivity contribution in [3.8, 4) is 11.5 Å². The Morgan fingerprint density at radius 3 is 2.29 bits per heavy atom. The highest BCUT2D eigenvalue weighted by Crippen LogP contribution is 2.26. The van der Waals surface area contributed by atoms with E-state index in [-0.39, 0.29) is 0 Å². The molecule has 1 heterocycles. The van der Waals surface area contributed by atoms with Crippen molar-refractivity contribution in [1.82, 2.24) is 9.55 Å². The molecule has 0 unspecified atom stereocenters. The van der Waals surface area contributed by atoms with Crippen molar-refractivity contribution in [2.45, 2.75) is 59.6 Å². The minimum atomic E-state index is 0.440. The summed E-state index contributed by atoms with van der Waals surface area (Å²) < 4.78 is 14.4.